The molecule has 0 radical (unpaired) electrons. The highest BCUT2D eigenvalue weighted by Crippen LogP contribution is 2.27. The largest absolute Gasteiger partial charge is 0.376 e. The van der Waals surface area contributed by atoms with Crippen LogP contribution in [-0.4, -0.2) is 33.3 Å². The molecule has 0 unspecified atom stereocenters. The van der Waals surface area contributed by atoms with Gasteiger partial charge in [-0.25, -0.2) is 4.98 Å². The van der Waals surface area contributed by atoms with Gasteiger partial charge in [-0.05, 0) is 62.9 Å². The maximum Gasteiger partial charge on any atom is 0.262 e. The number of aromatic nitrogens is 2. The van der Waals surface area contributed by atoms with Crippen LogP contribution >= 0.6 is 11.8 Å². The number of benzene rings is 2. The van der Waals surface area contributed by atoms with E-state index in [-0.39, 0.29) is 22.7 Å². The van der Waals surface area contributed by atoms with E-state index < -0.39 is 0 Å². The standard InChI is InChI=1S/C24H26N2O3S/c1-15-10-11-18(13-16(15)2)22(27)17(3)30-24-25-21-9-5-4-8-20(21)23(28)26(24)14-19-7-6-12-29-19/h4-5,8-11,13,17,19H,6-7,12,14H2,1-3H3/t17-,19-/m1/s1. The molecule has 30 heavy (non-hydrogen) atoms. The summed E-state index contributed by atoms with van der Waals surface area (Å²) < 4.78 is 7.45. The summed E-state index contributed by atoms with van der Waals surface area (Å²) in [7, 11) is 0. The number of thioether (sulfide) groups is 1. The van der Waals surface area contributed by atoms with Crippen molar-refractivity contribution in [1.82, 2.24) is 9.55 Å². The number of para-hydroxylation sites is 1. The van der Waals surface area contributed by atoms with E-state index >= 15 is 0 Å². The minimum Gasteiger partial charge on any atom is -0.376 e. The third-order valence-corrected chi connectivity index (χ3v) is 6.77. The van der Waals surface area contributed by atoms with Crippen molar-refractivity contribution < 1.29 is 9.53 Å². The average Bonchev–Trinajstić information content (AvgIpc) is 3.25. The summed E-state index contributed by atoms with van der Waals surface area (Å²) in [5, 5.41) is 0.794. The molecule has 1 fully saturated rings. The van der Waals surface area contributed by atoms with Gasteiger partial charge in [-0.2, -0.15) is 0 Å². The lowest BCUT2D eigenvalue weighted by Gasteiger charge is -2.18. The Hall–Kier alpha value is -2.44. The lowest BCUT2D eigenvalue weighted by molar-refractivity contribution is 0.0937. The quantitative estimate of drug-likeness (QED) is 0.331. The number of hydrogen-bond acceptors (Lipinski definition) is 5. The van der Waals surface area contributed by atoms with Crippen molar-refractivity contribution in [3.63, 3.8) is 0 Å². The van der Waals surface area contributed by atoms with Gasteiger partial charge in [0.15, 0.2) is 10.9 Å². The number of fused-ring (bicyclic) bond motifs is 1. The number of rotatable bonds is 6. The number of nitrogens with zero attached hydrogens (tertiary/aromatic N) is 2. The number of aryl methyl sites for hydroxylation is 2. The second-order valence-corrected chi connectivity index (χ2v) is 9.19. The Labute approximate surface area is 180 Å². The molecule has 1 aliphatic heterocycles. The molecule has 1 aliphatic rings. The molecule has 6 heteroatoms. The average molecular weight is 423 g/mol. The predicted molar refractivity (Wildman–Crippen MR) is 121 cm³/mol. The Morgan fingerprint density at radius 1 is 1.23 bits per heavy atom. The van der Waals surface area contributed by atoms with Gasteiger partial charge in [0.25, 0.3) is 5.56 Å². The summed E-state index contributed by atoms with van der Waals surface area (Å²) in [6.07, 6.45) is 1.95. The van der Waals surface area contributed by atoms with Crippen molar-refractivity contribution in [2.24, 2.45) is 0 Å². The van der Waals surface area contributed by atoms with Crippen molar-refractivity contribution in [2.45, 2.75) is 56.7 Å². The number of Topliss-reactive ketones (excluding diaryl/α,β-unsaturated/α-hetero) is 1. The predicted octanol–water partition coefficient (Wildman–Crippen LogP) is 4.56. The van der Waals surface area contributed by atoms with E-state index in [9.17, 15) is 9.59 Å². The monoisotopic (exact) mass is 422 g/mol. The fourth-order valence-corrected chi connectivity index (χ4v) is 4.73. The Morgan fingerprint density at radius 3 is 2.77 bits per heavy atom. The third kappa shape index (κ3) is 4.20. The number of carbonyl (C=O) groups is 1. The first kappa shape index (κ1) is 20.8. The summed E-state index contributed by atoms with van der Waals surface area (Å²) in [5.41, 5.74) is 3.52. The molecule has 0 N–H and O–H groups in total. The van der Waals surface area contributed by atoms with E-state index in [1.54, 1.807) is 10.6 Å². The Morgan fingerprint density at radius 2 is 2.03 bits per heavy atom. The Kier molecular flexibility index (Phi) is 6.06. The lowest BCUT2D eigenvalue weighted by atomic mass is 10.0. The summed E-state index contributed by atoms with van der Waals surface area (Å²) in [6.45, 7) is 7.10. The normalized spacial score (nSPS) is 17.4. The smallest absolute Gasteiger partial charge is 0.262 e. The van der Waals surface area contributed by atoms with Gasteiger partial charge < -0.3 is 4.74 Å². The molecule has 0 bridgehead atoms. The first-order chi connectivity index (χ1) is 14.4. The number of ether oxygens (including phenoxy) is 1. The molecule has 1 aromatic heterocycles. The number of ketones is 1. The SMILES string of the molecule is Cc1ccc(C(=O)[C@@H](C)Sc2nc3ccccc3c(=O)n2C[C@H]2CCCO2)cc1C. The van der Waals surface area contributed by atoms with Gasteiger partial charge in [0, 0.05) is 12.2 Å². The van der Waals surface area contributed by atoms with Gasteiger partial charge in [0.05, 0.1) is 28.8 Å². The van der Waals surface area contributed by atoms with E-state index in [2.05, 4.69) is 0 Å². The van der Waals surface area contributed by atoms with Crippen LogP contribution in [0.4, 0.5) is 0 Å². The van der Waals surface area contributed by atoms with Gasteiger partial charge >= 0.3 is 0 Å². The Bertz CT molecular complexity index is 1150. The van der Waals surface area contributed by atoms with Crippen molar-refractivity contribution in [3.8, 4) is 0 Å². The van der Waals surface area contributed by atoms with E-state index in [1.807, 2.05) is 57.2 Å². The molecule has 0 amide bonds. The van der Waals surface area contributed by atoms with E-state index in [0.717, 1.165) is 30.6 Å². The minimum absolute atomic E-state index is 0.00997. The van der Waals surface area contributed by atoms with E-state index in [0.29, 0.717) is 28.2 Å². The van der Waals surface area contributed by atoms with Gasteiger partial charge in [-0.15, -0.1) is 0 Å². The van der Waals surface area contributed by atoms with E-state index in [4.69, 9.17) is 9.72 Å². The van der Waals surface area contributed by atoms with Crippen molar-refractivity contribution in [2.75, 3.05) is 6.61 Å². The maximum absolute atomic E-state index is 13.2. The first-order valence-corrected chi connectivity index (χ1v) is 11.2. The zero-order valence-electron chi connectivity index (χ0n) is 17.6. The molecule has 1 saturated heterocycles. The van der Waals surface area contributed by atoms with Gasteiger partial charge in [0.2, 0.25) is 0 Å². The summed E-state index contributed by atoms with van der Waals surface area (Å²) in [6, 6.07) is 13.1. The topological polar surface area (TPSA) is 61.2 Å². The molecule has 2 heterocycles. The number of hydrogen-bond donors (Lipinski definition) is 0. The molecule has 156 valence electrons. The molecule has 3 aromatic rings. The van der Waals surface area contributed by atoms with Crippen LogP contribution in [0.1, 0.15) is 41.3 Å². The van der Waals surface area contributed by atoms with Crippen LogP contribution in [0.25, 0.3) is 10.9 Å². The fraction of sp³-hybridized carbons (Fsp3) is 0.375. The van der Waals surface area contributed by atoms with E-state index in [1.165, 1.54) is 11.8 Å². The summed E-state index contributed by atoms with van der Waals surface area (Å²) in [5.74, 6) is 0.0363. The van der Waals surface area contributed by atoms with Crippen LogP contribution in [0.3, 0.4) is 0 Å². The van der Waals surface area contributed by atoms with Crippen LogP contribution in [0.15, 0.2) is 52.4 Å². The second kappa shape index (κ2) is 8.74. The van der Waals surface area contributed by atoms with Crippen LogP contribution in [-0.2, 0) is 11.3 Å². The van der Waals surface area contributed by atoms with Crippen LogP contribution in [0.5, 0.6) is 0 Å². The Balaban J connectivity index is 1.68. The number of carbonyl (C=O) groups excluding carboxylic acids is 1. The molecule has 4 rings (SSSR count). The highest BCUT2D eigenvalue weighted by molar-refractivity contribution is 8.00. The first-order valence-electron chi connectivity index (χ1n) is 10.3. The van der Waals surface area contributed by atoms with Crippen LogP contribution in [0, 0.1) is 13.8 Å². The molecular weight excluding hydrogens is 396 g/mol. The van der Waals surface area contributed by atoms with Gasteiger partial charge in [-0.3, -0.25) is 14.2 Å². The van der Waals surface area contributed by atoms with Crippen molar-refractivity contribution in [3.05, 3.63) is 69.5 Å². The molecule has 0 saturated carbocycles. The zero-order chi connectivity index (χ0) is 21.3. The lowest BCUT2D eigenvalue weighted by Crippen LogP contribution is -2.29. The van der Waals surface area contributed by atoms with Gasteiger partial charge in [0.1, 0.15) is 0 Å². The van der Waals surface area contributed by atoms with Crippen LogP contribution < -0.4 is 5.56 Å². The summed E-state index contributed by atoms with van der Waals surface area (Å²) in [4.78, 5) is 31.0. The molecule has 0 spiro atoms. The molecule has 5 nitrogen and oxygen atoms in total. The third-order valence-electron chi connectivity index (χ3n) is 5.68. The van der Waals surface area contributed by atoms with Gasteiger partial charge in [-0.1, -0.05) is 36.0 Å². The molecule has 2 aromatic carbocycles. The minimum atomic E-state index is -0.365. The highest BCUT2D eigenvalue weighted by Gasteiger charge is 2.24. The zero-order valence-corrected chi connectivity index (χ0v) is 18.4. The van der Waals surface area contributed by atoms with Crippen molar-refractivity contribution >= 4 is 28.4 Å². The van der Waals surface area contributed by atoms with Crippen molar-refractivity contribution in [1.29, 1.82) is 0 Å². The molecular formula is C24H26N2O3S. The molecule has 0 aliphatic carbocycles. The maximum atomic E-state index is 13.2. The molecule has 2 atom stereocenters. The highest BCUT2D eigenvalue weighted by atomic mass is 32.2. The van der Waals surface area contributed by atoms with Crippen LogP contribution in [0.2, 0.25) is 0 Å². The second-order valence-electron chi connectivity index (χ2n) is 7.89. The summed E-state index contributed by atoms with van der Waals surface area (Å²) >= 11 is 1.34. The fourth-order valence-electron chi connectivity index (χ4n) is 3.73.